The van der Waals surface area contributed by atoms with Crippen molar-refractivity contribution in [3.8, 4) is 0 Å². The Labute approximate surface area is 97.9 Å². The standard InChI is InChI=1S/C12H12FNO3/c1-8(12(14)16)17-11(15)7-6-9-4-2-3-5-10(9)13/h2-8H,1H3,(H2,14,16)/b7-6+/t8-/m1/s1. The first-order chi connectivity index (χ1) is 8.00. The topological polar surface area (TPSA) is 69.4 Å². The minimum Gasteiger partial charge on any atom is -0.449 e. The van der Waals surface area contributed by atoms with Crippen LogP contribution >= 0.6 is 0 Å². The lowest BCUT2D eigenvalue weighted by molar-refractivity contribution is -0.148. The summed E-state index contributed by atoms with van der Waals surface area (Å²) in [5.41, 5.74) is 5.18. The molecule has 0 radical (unpaired) electrons. The van der Waals surface area contributed by atoms with Crippen LogP contribution in [0.2, 0.25) is 0 Å². The lowest BCUT2D eigenvalue weighted by atomic mass is 10.2. The lowest BCUT2D eigenvalue weighted by Gasteiger charge is -2.06. The molecule has 1 aromatic carbocycles. The van der Waals surface area contributed by atoms with Crippen LogP contribution in [0.3, 0.4) is 0 Å². The number of benzene rings is 1. The first-order valence-electron chi connectivity index (χ1n) is 4.93. The first-order valence-corrected chi connectivity index (χ1v) is 4.93. The predicted octanol–water partition coefficient (Wildman–Crippen LogP) is 1.26. The molecule has 0 bridgehead atoms. The van der Waals surface area contributed by atoms with E-state index in [4.69, 9.17) is 5.73 Å². The summed E-state index contributed by atoms with van der Waals surface area (Å²) in [6.45, 7) is 1.36. The van der Waals surface area contributed by atoms with Gasteiger partial charge in [-0.25, -0.2) is 9.18 Å². The molecule has 0 aliphatic heterocycles. The van der Waals surface area contributed by atoms with E-state index in [1.54, 1.807) is 12.1 Å². The highest BCUT2D eigenvalue weighted by atomic mass is 19.1. The Bertz CT molecular complexity index is 457. The van der Waals surface area contributed by atoms with Crippen LogP contribution < -0.4 is 5.73 Å². The van der Waals surface area contributed by atoms with Crippen LogP contribution in [0.15, 0.2) is 30.3 Å². The van der Waals surface area contributed by atoms with E-state index < -0.39 is 23.8 Å². The molecule has 1 atom stereocenters. The summed E-state index contributed by atoms with van der Waals surface area (Å²) in [6.07, 6.45) is 1.30. The molecule has 0 saturated carbocycles. The average Bonchev–Trinajstić information content (AvgIpc) is 2.27. The van der Waals surface area contributed by atoms with Gasteiger partial charge in [0.15, 0.2) is 6.10 Å². The molecular formula is C12H12FNO3. The molecule has 1 rings (SSSR count). The zero-order chi connectivity index (χ0) is 12.8. The molecule has 0 fully saturated rings. The summed E-state index contributed by atoms with van der Waals surface area (Å²) in [5, 5.41) is 0. The van der Waals surface area contributed by atoms with Crippen molar-refractivity contribution in [2.75, 3.05) is 0 Å². The maximum Gasteiger partial charge on any atom is 0.331 e. The third kappa shape index (κ3) is 4.06. The van der Waals surface area contributed by atoms with E-state index in [0.717, 1.165) is 6.08 Å². The maximum atomic E-state index is 13.2. The number of hydrogen-bond donors (Lipinski definition) is 1. The molecule has 5 heteroatoms. The van der Waals surface area contributed by atoms with Gasteiger partial charge in [-0.05, 0) is 19.1 Å². The molecule has 1 amide bonds. The van der Waals surface area contributed by atoms with Crippen LogP contribution in [0.1, 0.15) is 12.5 Å². The highest BCUT2D eigenvalue weighted by Crippen LogP contribution is 2.08. The second-order valence-electron chi connectivity index (χ2n) is 3.34. The largest absolute Gasteiger partial charge is 0.449 e. The molecule has 4 nitrogen and oxygen atoms in total. The number of hydrogen-bond acceptors (Lipinski definition) is 3. The van der Waals surface area contributed by atoms with Gasteiger partial charge in [0.05, 0.1) is 0 Å². The number of amides is 1. The summed E-state index contributed by atoms with van der Waals surface area (Å²) in [7, 11) is 0. The SMILES string of the molecule is C[C@@H](OC(=O)/C=C/c1ccccc1F)C(N)=O. The van der Waals surface area contributed by atoms with Crippen molar-refractivity contribution < 1.29 is 18.7 Å². The van der Waals surface area contributed by atoms with Crippen molar-refractivity contribution >= 4 is 18.0 Å². The molecule has 17 heavy (non-hydrogen) atoms. The van der Waals surface area contributed by atoms with Gasteiger partial charge in [0.25, 0.3) is 5.91 Å². The molecule has 90 valence electrons. The van der Waals surface area contributed by atoms with E-state index in [2.05, 4.69) is 4.74 Å². The number of rotatable bonds is 4. The van der Waals surface area contributed by atoms with E-state index in [1.165, 1.54) is 25.1 Å². The lowest BCUT2D eigenvalue weighted by Crippen LogP contribution is -2.29. The Morgan fingerprint density at radius 2 is 2.06 bits per heavy atom. The molecule has 0 unspecified atom stereocenters. The van der Waals surface area contributed by atoms with Gasteiger partial charge >= 0.3 is 5.97 Å². The van der Waals surface area contributed by atoms with Crippen molar-refractivity contribution in [2.24, 2.45) is 5.73 Å². The van der Waals surface area contributed by atoms with E-state index >= 15 is 0 Å². The van der Waals surface area contributed by atoms with Crippen LogP contribution in [0.25, 0.3) is 6.08 Å². The fourth-order valence-corrected chi connectivity index (χ4v) is 1.04. The number of carbonyl (C=O) groups is 2. The van der Waals surface area contributed by atoms with Crippen molar-refractivity contribution in [1.29, 1.82) is 0 Å². The predicted molar refractivity (Wildman–Crippen MR) is 60.2 cm³/mol. The van der Waals surface area contributed by atoms with Gasteiger partial charge in [-0.15, -0.1) is 0 Å². The van der Waals surface area contributed by atoms with Gasteiger partial charge in [0.1, 0.15) is 5.82 Å². The molecule has 0 aromatic heterocycles. The molecular weight excluding hydrogens is 225 g/mol. The fourth-order valence-electron chi connectivity index (χ4n) is 1.04. The monoisotopic (exact) mass is 237 g/mol. The molecule has 0 saturated heterocycles. The second kappa shape index (κ2) is 5.79. The Balaban J connectivity index is 2.63. The summed E-state index contributed by atoms with van der Waals surface area (Å²) in [4.78, 5) is 21.8. The number of esters is 1. The average molecular weight is 237 g/mol. The van der Waals surface area contributed by atoms with Gasteiger partial charge in [-0.3, -0.25) is 4.79 Å². The summed E-state index contributed by atoms with van der Waals surface area (Å²) < 4.78 is 17.8. The highest BCUT2D eigenvalue weighted by Gasteiger charge is 2.12. The minimum absolute atomic E-state index is 0.260. The van der Waals surface area contributed by atoms with Crippen LogP contribution in [0, 0.1) is 5.82 Å². The molecule has 0 spiro atoms. The Morgan fingerprint density at radius 1 is 1.41 bits per heavy atom. The van der Waals surface area contributed by atoms with Gasteiger partial charge in [-0.2, -0.15) is 0 Å². The molecule has 0 heterocycles. The summed E-state index contributed by atoms with van der Waals surface area (Å²) in [6, 6.07) is 5.97. The van der Waals surface area contributed by atoms with Crippen LogP contribution in [0.4, 0.5) is 4.39 Å². The fraction of sp³-hybridized carbons (Fsp3) is 0.167. The highest BCUT2D eigenvalue weighted by molar-refractivity contribution is 5.89. The summed E-state index contributed by atoms with van der Waals surface area (Å²) >= 11 is 0. The number of halogens is 1. The van der Waals surface area contributed by atoms with Crippen molar-refractivity contribution in [3.63, 3.8) is 0 Å². The van der Waals surface area contributed by atoms with Gasteiger partial charge in [-0.1, -0.05) is 18.2 Å². The minimum atomic E-state index is -1.01. The van der Waals surface area contributed by atoms with E-state index in [-0.39, 0.29) is 5.56 Å². The molecule has 1 aromatic rings. The zero-order valence-electron chi connectivity index (χ0n) is 9.22. The van der Waals surface area contributed by atoms with Crippen molar-refractivity contribution in [3.05, 3.63) is 41.7 Å². The normalized spacial score (nSPS) is 12.4. The van der Waals surface area contributed by atoms with Gasteiger partial charge in [0.2, 0.25) is 0 Å². The van der Waals surface area contributed by atoms with Crippen molar-refractivity contribution in [2.45, 2.75) is 13.0 Å². The second-order valence-corrected chi connectivity index (χ2v) is 3.34. The van der Waals surface area contributed by atoms with Crippen LogP contribution in [-0.4, -0.2) is 18.0 Å². The molecule has 2 N–H and O–H groups in total. The smallest absolute Gasteiger partial charge is 0.331 e. The Hall–Kier alpha value is -2.17. The van der Waals surface area contributed by atoms with E-state index in [9.17, 15) is 14.0 Å². The quantitative estimate of drug-likeness (QED) is 0.633. The number of carbonyl (C=O) groups excluding carboxylic acids is 2. The molecule has 0 aliphatic carbocycles. The van der Waals surface area contributed by atoms with Crippen molar-refractivity contribution in [1.82, 2.24) is 0 Å². The number of nitrogens with two attached hydrogens (primary N) is 1. The third-order valence-corrected chi connectivity index (χ3v) is 2.00. The Kier molecular flexibility index (Phi) is 4.39. The van der Waals surface area contributed by atoms with Gasteiger partial charge in [0, 0.05) is 11.6 Å². The van der Waals surface area contributed by atoms with Crippen LogP contribution in [0.5, 0.6) is 0 Å². The van der Waals surface area contributed by atoms with E-state index in [1.807, 2.05) is 0 Å². The maximum absolute atomic E-state index is 13.2. The first kappa shape index (κ1) is 12.9. The number of ether oxygens (including phenoxy) is 1. The number of primary amides is 1. The Morgan fingerprint density at radius 3 is 2.65 bits per heavy atom. The van der Waals surface area contributed by atoms with Gasteiger partial charge < -0.3 is 10.5 Å². The van der Waals surface area contributed by atoms with E-state index in [0.29, 0.717) is 0 Å². The van der Waals surface area contributed by atoms with Crippen LogP contribution in [-0.2, 0) is 14.3 Å². The zero-order valence-corrected chi connectivity index (χ0v) is 9.22. The molecule has 0 aliphatic rings. The summed E-state index contributed by atoms with van der Waals surface area (Å²) in [5.74, 6) is -1.93. The third-order valence-electron chi connectivity index (χ3n) is 2.00.